The van der Waals surface area contributed by atoms with Crippen molar-refractivity contribution in [3.05, 3.63) is 200 Å². The SMILES string of the molecule is c1cc(-c2cc3c4c(c2)-c2cc(-c5ccccc5-n5c6ccccc6c6ccccc65)ccc2OB4c2ccccc2O3)cc(-n2c3ccccc3c3ccccc32)c1. The van der Waals surface area contributed by atoms with E-state index in [1.807, 2.05) is 12.1 Å². The first kappa shape index (κ1) is 32.3. The maximum Gasteiger partial charge on any atom is 0.434 e. The third-order valence-electron chi connectivity index (χ3n) is 12.4. The Morgan fingerprint density at radius 1 is 0.356 bits per heavy atom. The number of hydrogen-bond acceptors (Lipinski definition) is 2. The summed E-state index contributed by atoms with van der Waals surface area (Å²) < 4.78 is 18.6. The van der Waals surface area contributed by atoms with E-state index in [9.17, 15) is 0 Å². The topological polar surface area (TPSA) is 28.3 Å². The van der Waals surface area contributed by atoms with Gasteiger partial charge in [0, 0.05) is 49.3 Å². The molecule has 4 heterocycles. The maximum atomic E-state index is 6.98. The number of aromatic nitrogens is 2. The number of hydrogen-bond donors (Lipinski definition) is 0. The van der Waals surface area contributed by atoms with Crippen molar-refractivity contribution in [2.24, 2.45) is 0 Å². The average molecular weight is 753 g/mol. The summed E-state index contributed by atoms with van der Waals surface area (Å²) in [6, 6.07) is 71.8. The van der Waals surface area contributed by atoms with E-state index in [1.165, 1.54) is 43.6 Å². The molecule has 2 aliphatic rings. The number of ether oxygens (including phenoxy) is 1. The van der Waals surface area contributed by atoms with Crippen LogP contribution < -0.4 is 20.3 Å². The molecule has 0 radical (unpaired) electrons. The molecule has 59 heavy (non-hydrogen) atoms. The van der Waals surface area contributed by atoms with Gasteiger partial charge in [-0.15, -0.1) is 0 Å². The summed E-state index contributed by atoms with van der Waals surface area (Å²) in [5, 5.41) is 4.98. The Balaban J connectivity index is 1.01. The molecule has 0 spiro atoms. The maximum absolute atomic E-state index is 6.98. The van der Waals surface area contributed by atoms with Crippen molar-refractivity contribution in [2.75, 3.05) is 0 Å². The normalized spacial score (nSPS) is 12.6. The monoisotopic (exact) mass is 752 g/mol. The van der Waals surface area contributed by atoms with Gasteiger partial charge in [0.2, 0.25) is 0 Å². The second kappa shape index (κ2) is 12.4. The molecule has 0 aliphatic carbocycles. The molecular formula is C54H33BN2O2. The van der Waals surface area contributed by atoms with E-state index in [2.05, 4.69) is 197 Å². The molecule has 9 aromatic carbocycles. The lowest BCUT2D eigenvalue weighted by atomic mass is 9.50. The van der Waals surface area contributed by atoms with Crippen LogP contribution in [0.3, 0.4) is 0 Å². The van der Waals surface area contributed by atoms with Gasteiger partial charge in [0.25, 0.3) is 0 Å². The van der Waals surface area contributed by atoms with Crippen LogP contribution in [0.2, 0.25) is 0 Å². The summed E-state index contributed by atoms with van der Waals surface area (Å²) in [4.78, 5) is 0. The number of fused-ring (bicyclic) bond motifs is 10. The zero-order valence-electron chi connectivity index (χ0n) is 31.8. The first-order valence-electron chi connectivity index (χ1n) is 20.2. The molecule has 0 saturated carbocycles. The Labute approximate surface area is 340 Å². The molecule has 0 amide bonds. The molecule has 0 unspecified atom stereocenters. The molecule has 274 valence electrons. The second-order valence-electron chi connectivity index (χ2n) is 15.6. The molecule has 4 nitrogen and oxygen atoms in total. The van der Waals surface area contributed by atoms with Crippen LogP contribution in [0.25, 0.3) is 88.4 Å². The van der Waals surface area contributed by atoms with E-state index in [0.717, 1.165) is 72.9 Å². The fraction of sp³-hybridized carbons (Fsp3) is 0. The van der Waals surface area contributed by atoms with Gasteiger partial charge in [0.15, 0.2) is 0 Å². The summed E-state index contributed by atoms with van der Waals surface area (Å²) in [5.74, 6) is 2.51. The van der Waals surface area contributed by atoms with E-state index in [0.29, 0.717) is 0 Å². The first-order chi connectivity index (χ1) is 29.3. The third-order valence-corrected chi connectivity index (χ3v) is 12.4. The van der Waals surface area contributed by atoms with Gasteiger partial charge < -0.3 is 18.5 Å². The highest BCUT2D eigenvalue weighted by molar-refractivity contribution is 6.84. The minimum atomic E-state index is -0.286. The highest BCUT2D eigenvalue weighted by Gasteiger charge is 2.41. The minimum absolute atomic E-state index is 0.286. The molecule has 2 aromatic heterocycles. The van der Waals surface area contributed by atoms with Crippen LogP contribution in [0.15, 0.2) is 200 Å². The van der Waals surface area contributed by atoms with Gasteiger partial charge in [-0.05, 0) is 95.1 Å². The van der Waals surface area contributed by atoms with E-state index < -0.39 is 0 Å². The van der Waals surface area contributed by atoms with Gasteiger partial charge in [0.05, 0.1) is 27.8 Å². The van der Waals surface area contributed by atoms with Gasteiger partial charge in [-0.3, -0.25) is 0 Å². The number of benzene rings is 9. The van der Waals surface area contributed by atoms with Crippen LogP contribution in [0, 0.1) is 0 Å². The smallest absolute Gasteiger partial charge is 0.434 e. The Kier molecular flexibility index (Phi) is 6.78. The van der Waals surface area contributed by atoms with Crippen molar-refractivity contribution in [3.63, 3.8) is 0 Å². The third kappa shape index (κ3) is 4.73. The number of para-hydroxylation sites is 6. The molecule has 0 bridgehead atoms. The molecule has 5 heteroatoms. The van der Waals surface area contributed by atoms with E-state index >= 15 is 0 Å². The molecule has 0 saturated heterocycles. The Morgan fingerprint density at radius 3 is 1.66 bits per heavy atom. The molecular weight excluding hydrogens is 719 g/mol. The minimum Gasteiger partial charge on any atom is -0.551 e. The fourth-order valence-corrected chi connectivity index (χ4v) is 9.82. The first-order valence-corrected chi connectivity index (χ1v) is 20.2. The Bertz CT molecular complexity index is 3430. The van der Waals surface area contributed by atoms with E-state index in [4.69, 9.17) is 9.39 Å². The predicted molar refractivity (Wildman–Crippen MR) is 244 cm³/mol. The summed E-state index contributed by atoms with van der Waals surface area (Å²) in [7, 11) is 0. The summed E-state index contributed by atoms with van der Waals surface area (Å²) >= 11 is 0. The number of rotatable bonds is 4. The fourth-order valence-electron chi connectivity index (χ4n) is 9.82. The molecule has 0 atom stereocenters. The predicted octanol–water partition coefficient (Wildman–Crippen LogP) is 12.5. The van der Waals surface area contributed by atoms with Crippen molar-refractivity contribution in [3.8, 4) is 62.0 Å². The Morgan fingerprint density at radius 2 is 0.949 bits per heavy atom. The van der Waals surface area contributed by atoms with Gasteiger partial charge in [-0.1, -0.05) is 127 Å². The molecule has 2 aliphatic heterocycles. The summed E-state index contributed by atoms with van der Waals surface area (Å²) in [5.41, 5.74) is 15.7. The van der Waals surface area contributed by atoms with Crippen LogP contribution >= 0.6 is 0 Å². The number of nitrogens with zero attached hydrogens (tertiary/aromatic N) is 2. The van der Waals surface area contributed by atoms with E-state index in [1.54, 1.807) is 0 Å². The second-order valence-corrected chi connectivity index (χ2v) is 15.6. The van der Waals surface area contributed by atoms with Gasteiger partial charge in [-0.2, -0.15) is 0 Å². The highest BCUT2D eigenvalue weighted by atomic mass is 16.5. The van der Waals surface area contributed by atoms with Crippen molar-refractivity contribution in [2.45, 2.75) is 0 Å². The van der Waals surface area contributed by atoms with Crippen LogP contribution in [0.1, 0.15) is 0 Å². The quantitative estimate of drug-likeness (QED) is 0.168. The van der Waals surface area contributed by atoms with Gasteiger partial charge in [0.1, 0.15) is 17.2 Å². The summed E-state index contributed by atoms with van der Waals surface area (Å²) in [6.07, 6.45) is 0. The van der Waals surface area contributed by atoms with Crippen LogP contribution in [-0.2, 0) is 0 Å². The zero-order valence-corrected chi connectivity index (χ0v) is 31.8. The van der Waals surface area contributed by atoms with Gasteiger partial charge >= 0.3 is 6.92 Å². The van der Waals surface area contributed by atoms with Crippen LogP contribution in [0.5, 0.6) is 17.2 Å². The lowest BCUT2D eigenvalue weighted by Gasteiger charge is -2.33. The zero-order chi connectivity index (χ0) is 38.6. The van der Waals surface area contributed by atoms with Gasteiger partial charge in [-0.25, -0.2) is 0 Å². The van der Waals surface area contributed by atoms with Crippen LogP contribution in [-0.4, -0.2) is 16.0 Å². The van der Waals surface area contributed by atoms with Crippen molar-refractivity contribution in [1.82, 2.24) is 9.13 Å². The molecule has 11 aromatic rings. The van der Waals surface area contributed by atoms with E-state index in [-0.39, 0.29) is 6.92 Å². The molecule has 0 N–H and O–H groups in total. The van der Waals surface area contributed by atoms with Crippen LogP contribution in [0.4, 0.5) is 0 Å². The highest BCUT2D eigenvalue weighted by Crippen LogP contribution is 2.45. The van der Waals surface area contributed by atoms with Crippen molar-refractivity contribution in [1.29, 1.82) is 0 Å². The Hall–Kier alpha value is -7.76. The lowest BCUT2D eigenvalue weighted by molar-refractivity contribution is 0.479. The lowest BCUT2D eigenvalue weighted by Crippen LogP contribution is -2.53. The van der Waals surface area contributed by atoms with Crippen molar-refractivity contribution < 1.29 is 9.39 Å². The standard InChI is InChI=1S/C54H33BN2O2/c1-7-22-46(57-49-25-10-4-19-41(49)42-20-5-11-26-50(42)57)38(16-1)35-28-29-51-43(31-35)44-32-36(33-53-54(44)55(59-51)45-21-6-12-27-52(45)58-53)34-14-13-15-37(30-34)56-47-23-8-2-17-39(47)40-18-3-9-24-48(40)56/h1-33H. The summed E-state index contributed by atoms with van der Waals surface area (Å²) in [6.45, 7) is -0.286. The largest absolute Gasteiger partial charge is 0.551 e. The average Bonchev–Trinajstić information content (AvgIpc) is 3.82. The molecule has 13 rings (SSSR count). The molecule has 0 fully saturated rings. The van der Waals surface area contributed by atoms with Crippen molar-refractivity contribution >= 4 is 61.5 Å².